The van der Waals surface area contributed by atoms with Crippen LogP contribution in [0.25, 0.3) is 0 Å². The molecule has 0 aliphatic heterocycles. The molecule has 0 aromatic heterocycles. The van der Waals surface area contributed by atoms with E-state index in [-0.39, 0.29) is 67.3 Å². The van der Waals surface area contributed by atoms with E-state index in [2.05, 4.69) is 4.44 Å². The van der Waals surface area contributed by atoms with Gasteiger partial charge in [-0.05, 0) is 0 Å². The predicted octanol–water partition coefficient (Wildman–Crippen LogP) is -2.92. The van der Waals surface area contributed by atoms with Crippen molar-refractivity contribution in [3.63, 3.8) is 0 Å². The van der Waals surface area contributed by atoms with Crippen molar-refractivity contribution >= 4 is 83.2 Å². The maximum absolute atomic E-state index is 9.47. The van der Waals surface area contributed by atoms with Crippen LogP contribution in [-0.2, 0) is 9.01 Å². The van der Waals surface area contributed by atoms with Gasteiger partial charge in [0, 0.05) is 0 Å². The molecular weight excluding hydrogens is 169 g/mol. The summed E-state index contributed by atoms with van der Waals surface area (Å²) in [7, 11) is -3.20. The molecule has 0 aromatic carbocycles. The zero-order chi connectivity index (χ0) is 5.21. The van der Waals surface area contributed by atoms with E-state index >= 15 is 0 Å². The van der Waals surface area contributed by atoms with Crippen LogP contribution in [-0.4, -0.2) is 85.1 Å². The van der Waals surface area contributed by atoms with Crippen LogP contribution in [0.3, 0.4) is 0 Å². The van der Waals surface area contributed by atoms with Gasteiger partial charge in [-0.3, -0.25) is 0 Å². The van der Waals surface area contributed by atoms with E-state index in [0.717, 1.165) is 8.05 Å². The summed E-state index contributed by atoms with van der Waals surface area (Å²) in [4.78, 5) is 15.4. The van der Waals surface area contributed by atoms with Crippen molar-refractivity contribution in [2.75, 3.05) is 0 Å². The number of hydrogen-bond acceptors (Lipinski definition) is 2. The first-order valence-corrected chi connectivity index (χ1v) is 2.70. The molecule has 0 radical (unpaired) electrons. The quantitative estimate of drug-likeness (QED) is 0.331. The molecule has 4 nitrogen and oxygen atoms in total. The van der Waals surface area contributed by atoms with Crippen LogP contribution in [0.1, 0.15) is 0 Å². The van der Waals surface area contributed by atoms with Gasteiger partial charge in [0.2, 0.25) is 0 Å². The van der Waals surface area contributed by atoms with Gasteiger partial charge in [-0.25, -0.2) is 4.57 Å². The molecule has 0 amide bonds. The fourth-order valence-corrected chi connectivity index (χ4v) is 0. The monoisotopic (exact) mass is 176 g/mol. The van der Waals surface area contributed by atoms with E-state index in [1.807, 2.05) is 0 Å². The second-order valence-electron chi connectivity index (χ2n) is 0.673. The summed E-state index contributed by atoms with van der Waals surface area (Å²) in [6.07, 6.45) is 0. The molecule has 0 atom stereocenters. The van der Waals surface area contributed by atoms with E-state index in [0.29, 0.717) is 0 Å². The van der Waals surface area contributed by atoms with Crippen LogP contribution in [0.2, 0.25) is 0 Å². The third kappa shape index (κ3) is 15.8. The standard InChI is InChI=1S/BH4O4P.Ca.Na.3H/c1-5-6(2,3)4;;;;;/h1H2,(H2,2,3,4);;;;;. The molecule has 2 N–H and O–H groups in total. The summed E-state index contributed by atoms with van der Waals surface area (Å²) in [6.45, 7) is 0. The van der Waals surface area contributed by atoms with Crippen molar-refractivity contribution in [1.82, 2.24) is 0 Å². The van der Waals surface area contributed by atoms with Crippen molar-refractivity contribution in [3.05, 3.63) is 0 Å². The molecule has 0 fully saturated rings. The summed E-state index contributed by atoms with van der Waals surface area (Å²) in [6, 6.07) is 0. The van der Waals surface area contributed by atoms with Crippen LogP contribution in [0, 0.1) is 0 Å². The van der Waals surface area contributed by atoms with Gasteiger partial charge in [0.15, 0.2) is 0 Å². The molecule has 0 bridgehead atoms. The third-order valence-electron chi connectivity index (χ3n) is 0.238. The normalized spacial score (nSPS) is 8.75. The maximum atomic E-state index is 9.47. The molecular formula is H7BCaNaO4P. The number of phosphoric acid groups is 1. The second kappa shape index (κ2) is 7.54. The van der Waals surface area contributed by atoms with Gasteiger partial charge in [-0.2, -0.15) is 0 Å². The molecule has 0 spiro atoms. The fourth-order valence-electron chi connectivity index (χ4n) is 0. The van der Waals surface area contributed by atoms with Crippen LogP contribution >= 0.6 is 7.82 Å². The number of hydrogen-bond donors (Lipinski definition) is 2. The Morgan fingerprint density at radius 1 is 1.50 bits per heavy atom. The Morgan fingerprint density at radius 2 is 1.62 bits per heavy atom. The van der Waals surface area contributed by atoms with Crippen molar-refractivity contribution < 1.29 is 18.8 Å². The molecule has 0 aliphatic rings. The minimum absolute atomic E-state index is 0. The van der Waals surface area contributed by atoms with Gasteiger partial charge < -0.3 is 14.2 Å². The Morgan fingerprint density at radius 3 is 1.62 bits per heavy atom. The van der Waals surface area contributed by atoms with Gasteiger partial charge >= 0.3 is 75.1 Å². The molecule has 0 unspecified atom stereocenters. The SMILES string of the molecule is BOP(=O)(O)O.[CaH2].[NaH]. The molecule has 0 saturated carbocycles. The van der Waals surface area contributed by atoms with Crippen molar-refractivity contribution in [2.24, 2.45) is 0 Å². The van der Waals surface area contributed by atoms with Crippen molar-refractivity contribution in [3.8, 4) is 0 Å². The van der Waals surface area contributed by atoms with Gasteiger partial charge in [-0.15, -0.1) is 0 Å². The van der Waals surface area contributed by atoms with Gasteiger partial charge in [0.05, 0.1) is 0 Å². The van der Waals surface area contributed by atoms with Gasteiger partial charge in [-0.1, -0.05) is 0 Å². The molecule has 0 heterocycles. The Balaban J connectivity index is -0.000000125. The van der Waals surface area contributed by atoms with Gasteiger partial charge in [0.1, 0.15) is 0 Å². The molecule has 42 valence electrons. The van der Waals surface area contributed by atoms with E-state index in [9.17, 15) is 4.57 Å². The Labute approximate surface area is 100 Å². The van der Waals surface area contributed by atoms with E-state index in [4.69, 9.17) is 9.79 Å². The first kappa shape index (κ1) is 16.8. The molecule has 0 aliphatic carbocycles. The van der Waals surface area contributed by atoms with Crippen LogP contribution < -0.4 is 0 Å². The molecule has 0 aromatic rings. The van der Waals surface area contributed by atoms with E-state index in [1.54, 1.807) is 0 Å². The number of rotatable bonds is 1. The first-order chi connectivity index (χ1) is 2.56. The first-order valence-electron chi connectivity index (χ1n) is 1.17. The summed E-state index contributed by atoms with van der Waals surface area (Å²) in [5.74, 6) is 0. The Kier molecular flexibility index (Phi) is 15.8. The van der Waals surface area contributed by atoms with Gasteiger partial charge in [0.25, 0.3) is 8.05 Å². The second-order valence-corrected chi connectivity index (χ2v) is 2.02. The predicted molar refractivity (Wildman–Crippen MR) is 37.4 cm³/mol. The topological polar surface area (TPSA) is 66.8 Å². The van der Waals surface area contributed by atoms with E-state index in [1.165, 1.54) is 0 Å². The zero-order valence-corrected chi connectivity index (χ0v) is 4.05. The van der Waals surface area contributed by atoms with Crippen LogP contribution in [0.4, 0.5) is 0 Å². The van der Waals surface area contributed by atoms with Crippen LogP contribution in [0.5, 0.6) is 0 Å². The molecule has 8 heteroatoms. The summed E-state index contributed by atoms with van der Waals surface area (Å²) in [5.41, 5.74) is 0. The molecule has 0 saturated heterocycles. The minimum atomic E-state index is -4.15. The van der Waals surface area contributed by atoms with Crippen molar-refractivity contribution in [1.29, 1.82) is 0 Å². The summed E-state index contributed by atoms with van der Waals surface area (Å²) in [5, 5.41) is 0. The Hall–Kier alpha value is 2.43. The van der Waals surface area contributed by atoms with Crippen LogP contribution in [0.15, 0.2) is 0 Å². The summed E-state index contributed by atoms with van der Waals surface area (Å²) < 4.78 is 13.1. The molecule has 8 heavy (non-hydrogen) atoms. The Bertz CT molecular complexity index is 80.1. The van der Waals surface area contributed by atoms with E-state index < -0.39 is 7.82 Å². The summed E-state index contributed by atoms with van der Waals surface area (Å²) >= 11 is 0. The fraction of sp³-hybridized carbons (Fsp3) is 0. The average molecular weight is 176 g/mol. The van der Waals surface area contributed by atoms with Crippen molar-refractivity contribution in [2.45, 2.75) is 0 Å². The molecule has 0 rings (SSSR count). The third-order valence-corrected chi connectivity index (χ3v) is 0.714. The average Bonchev–Trinajstić information content (AvgIpc) is 1.35. The zero-order valence-electron chi connectivity index (χ0n) is 3.16.